The van der Waals surface area contributed by atoms with Gasteiger partial charge in [0.1, 0.15) is 5.54 Å². The van der Waals surface area contributed by atoms with Crippen LogP contribution in [0.1, 0.15) is 32.1 Å². The molecule has 0 spiro atoms. The molecule has 0 aromatic rings. The minimum Gasteiger partial charge on any atom is -0.323 e. The third kappa shape index (κ3) is 2.36. The summed E-state index contributed by atoms with van der Waals surface area (Å²) in [5.41, 5.74) is -0.381. The summed E-state index contributed by atoms with van der Waals surface area (Å²) in [5, 5.41) is 0. The van der Waals surface area contributed by atoms with Gasteiger partial charge >= 0.3 is 0 Å². The molecule has 1 fully saturated rings. The molecule has 0 saturated carbocycles. The molecule has 1 atom stereocenters. The van der Waals surface area contributed by atoms with Crippen LogP contribution in [-0.2, 0) is 4.79 Å². The Morgan fingerprint density at radius 1 is 1.56 bits per heavy atom. The van der Waals surface area contributed by atoms with Crippen molar-refractivity contribution < 1.29 is 4.79 Å². The van der Waals surface area contributed by atoms with Crippen molar-refractivity contribution in [3.8, 4) is 12.3 Å². The molecule has 1 rings (SSSR count). The molecular weight excluding hydrogens is 198 g/mol. The summed E-state index contributed by atoms with van der Waals surface area (Å²) >= 11 is 0. The van der Waals surface area contributed by atoms with Crippen molar-refractivity contribution in [2.75, 3.05) is 6.54 Å². The summed E-state index contributed by atoms with van der Waals surface area (Å²) in [7, 11) is 0. The van der Waals surface area contributed by atoms with Crippen LogP contribution in [0.3, 0.4) is 0 Å². The molecule has 86 valence electrons. The molecule has 1 amide bonds. The molecule has 1 aliphatic rings. The molecule has 2 heteroatoms. The van der Waals surface area contributed by atoms with E-state index in [1.54, 1.807) is 4.90 Å². The number of nitrogens with zero attached hydrogens (tertiary/aromatic N) is 1. The molecule has 1 heterocycles. The van der Waals surface area contributed by atoms with Gasteiger partial charge in [-0.15, -0.1) is 13.0 Å². The quantitative estimate of drug-likeness (QED) is 0.300. The number of likely N-dealkylation sites (tertiary alicyclic amines) is 1. The van der Waals surface area contributed by atoms with Gasteiger partial charge in [-0.3, -0.25) is 4.79 Å². The Hall–Kier alpha value is -1.49. The highest BCUT2D eigenvalue weighted by molar-refractivity contribution is 5.88. The number of unbranched alkanes of at least 4 members (excludes halogenated alkanes) is 1. The highest BCUT2D eigenvalue weighted by Crippen LogP contribution is 2.33. The molecule has 16 heavy (non-hydrogen) atoms. The van der Waals surface area contributed by atoms with Gasteiger partial charge in [-0.2, -0.15) is 0 Å². The van der Waals surface area contributed by atoms with Crippen molar-refractivity contribution in [2.24, 2.45) is 0 Å². The number of allylic oxidation sites excluding steroid dienone is 1. The highest BCUT2D eigenvalue weighted by atomic mass is 16.2. The number of carbonyl (C=O) groups excluding carboxylic acids is 1. The first kappa shape index (κ1) is 12.6. The van der Waals surface area contributed by atoms with E-state index in [4.69, 9.17) is 6.42 Å². The van der Waals surface area contributed by atoms with Gasteiger partial charge < -0.3 is 4.90 Å². The van der Waals surface area contributed by atoms with Crippen LogP contribution in [0.25, 0.3) is 0 Å². The highest BCUT2D eigenvalue weighted by Gasteiger charge is 2.40. The first-order valence-corrected chi connectivity index (χ1v) is 5.73. The average molecular weight is 217 g/mol. The number of terminal acetylenes is 1. The summed E-state index contributed by atoms with van der Waals surface area (Å²) < 4.78 is 0. The molecule has 0 unspecified atom stereocenters. The van der Waals surface area contributed by atoms with Crippen LogP contribution in [0.4, 0.5) is 0 Å². The minimum atomic E-state index is -0.381. The number of amides is 1. The van der Waals surface area contributed by atoms with E-state index in [-0.39, 0.29) is 11.4 Å². The van der Waals surface area contributed by atoms with E-state index < -0.39 is 0 Å². The Balaban J connectivity index is 2.76. The van der Waals surface area contributed by atoms with Crippen molar-refractivity contribution in [2.45, 2.75) is 37.6 Å². The summed E-state index contributed by atoms with van der Waals surface area (Å²) in [6.07, 6.45) is 13.5. The van der Waals surface area contributed by atoms with Gasteiger partial charge in [-0.05, 0) is 38.2 Å². The maximum atomic E-state index is 11.7. The lowest BCUT2D eigenvalue weighted by molar-refractivity contribution is -0.128. The number of carbonyl (C=O) groups is 1. The Morgan fingerprint density at radius 3 is 2.88 bits per heavy atom. The third-order valence-electron chi connectivity index (χ3n) is 3.20. The Bertz CT molecular complexity index is 326. The Kier molecular flexibility index (Phi) is 4.37. The van der Waals surface area contributed by atoms with Crippen molar-refractivity contribution in [3.05, 3.63) is 25.3 Å². The lowest BCUT2D eigenvalue weighted by atomic mass is 9.90. The van der Waals surface area contributed by atoms with Gasteiger partial charge in [-0.1, -0.05) is 18.6 Å². The zero-order valence-corrected chi connectivity index (χ0v) is 9.74. The minimum absolute atomic E-state index is 0.0472. The largest absolute Gasteiger partial charge is 0.323 e. The smallest absolute Gasteiger partial charge is 0.247 e. The van der Waals surface area contributed by atoms with Crippen LogP contribution < -0.4 is 0 Å². The topological polar surface area (TPSA) is 20.3 Å². The standard InChI is InChI=1S/C14H19NO/c1-4-7-8-10-14(6-3)11-9-12-15(14)13(16)5-2/h3-5H,1-2,7-12H2/t14-/m0/s1. The zero-order valence-electron chi connectivity index (χ0n) is 9.74. The normalized spacial score (nSPS) is 23.8. The SMILES string of the molecule is C#C[C@]1(CCCC=C)CCCN1C(=O)C=C. The maximum Gasteiger partial charge on any atom is 0.247 e. The molecule has 0 radical (unpaired) electrons. The fourth-order valence-electron chi connectivity index (χ4n) is 2.33. The zero-order chi connectivity index (χ0) is 12.0. The first-order valence-electron chi connectivity index (χ1n) is 5.73. The summed E-state index contributed by atoms with van der Waals surface area (Å²) in [5.74, 6) is 2.78. The van der Waals surface area contributed by atoms with Crippen molar-refractivity contribution >= 4 is 5.91 Å². The van der Waals surface area contributed by atoms with E-state index in [0.29, 0.717) is 0 Å². The van der Waals surface area contributed by atoms with E-state index in [2.05, 4.69) is 19.1 Å². The van der Waals surface area contributed by atoms with Crippen LogP contribution in [-0.4, -0.2) is 22.9 Å². The summed E-state index contributed by atoms with van der Waals surface area (Å²) in [6, 6.07) is 0. The lowest BCUT2D eigenvalue weighted by Gasteiger charge is -2.33. The lowest BCUT2D eigenvalue weighted by Crippen LogP contribution is -2.45. The summed E-state index contributed by atoms with van der Waals surface area (Å²) in [4.78, 5) is 13.5. The number of hydrogen-bond acceptors (Lipinski definition) is 1. The Morgan fingerprint density at radius 2 is 2.31 bits per heavy atom. The molecule has 0 aromatic heterocycles. The second kappa shape index (κ2) is 5.55. The fraction of sp³-hybridized carbons (Fsp3) is 0.500. The van der Waals surface area contributed by atoms with E-state index in [9.17, 15) is 4.79 Å². The molecule has 1 saturated heterocycles. The van der Waals surface area contributed by atoms with E-state index in [1.807, 2.05) is 6.08 Å². The first-order chi connectivity index (χ1) is 7.70. The number of hydrogen-bond donors (Lipinski definition) is 0. The average Bonchev–Trinajstić information content (AvgIpc) is 2.73. The fourth-order valence-corrected chi connectivity index (χ4v) is 2.33. The van der Waals surface area contributed by atoms with Crippen LogP contribution in [0.15, 0.2) is 25.3 Å². The van der Waals surface area contributed by atoms with Crippen molar-refractivity contribution in [1.29, 1.82) is 0 Å². The summed E-state index contributed by atoms with van der Waals surface area (Å²) in [6.45, 7) is 7.97. The predicted octanol–water partition coefficient (Wildman–Crippen LogP) is 2.52. The van der Waals surface area contributed by atoms with Gasteiger partial charge in [0.2, 0.25) is 5.91 Å². The molecule has 0 bridgehead atoms. The van der Waals surface area contributed by atoms with E-state index >= 15 is 0 Å². The van der Waals surface area contributed by atoms with Gasteiger partial charge in [0, 0.05) is 6.54 Å². The van der Waals surface area contributed by atoms with E-state index in [0.717, 1.165) is 38.6 Å². The molecule has 2 nitrogen and oxygen atoms in total. The monoisotopic (exact) mass is 217 g/mol. The molecular formula is C14H19NO. The van der Waals surface area contributed by atoms with Gasteiger partial charge in [0.15, 0.2) is 0 Å². The van der Waals surface area contributed by atoms with E-state index in [1.165, 1.54) is 6.08 Å². The maximum absolute atomic E-state index is 11.7. The van der Waals surface area contributed by atoms with Gasteiger partial charge in [0.25, 0.3) is 0 Å². The second-order valence-corrected chi connectivity index (χ2v) is 4.15. The van der Waals surface area contributed by atoms with Crippen LogP contribution in [0.2, 0.25) is 0 Å². The molecule has 0 aliphatic carbocycles. The number of rotatable bonds is 5. The van der Waals surface area contributed by atoms with Crippen LogP contribution in [0.5, 0.6) is 0 Å². The Labute approximate surface area is 98.0 Å². The second-order valence-electron chi connectivity index (χ2n) is 4.15. The molecule has 0 aromatic carbocycles. The van der Waals surface area contributed by atoms with Crippen molar-refractivity contribution in [1.82, 2.24) is 4.90 Å². The van der Waals surface area contributed by atoms with Crippen molar-refractivity contribution in [3.63, 3.8) is 0 Å². The molecule has 1 aliphatic heterocycles. The third-order valence-corrected chi connectivity index (χ3v) is 3.20. The van der Waals surface area contributed by atoms with Gasteiger partial charge in [-0.25, -0.2) is 0 Å². The van der Waals surface area contributed by atoms with Gasteiger partial charge in [0.05, 0.1) is 0 Å². The van der Waals surface area contributed by atoms with Crippen LogP contribution >= 0.6 is 0 Å². The predicted molar refractivity (Wildman–Crippen MR) is 66.8 cm³/mol. The molecule has 0 N–H and O–H groups in total. The van der Waals surface area contributed by atoms with Crippen LogP contribution in [0, 0.1) is 12.3 Å².